The van der Waals surface area contributed by atoms with Gasteiger partial charge in [-0.2, -0.15) is 10.6 Å². The van der Waals surface area contributed by atoms with Gasteiger partial charge in [0.1, 0.15) is 0 Å². The van der Waals surface area contributed by atoms with Crippen LogP contribution < -0.4 is 5.73 Å². The molecule has 0 aliphatic heterocycles. The van der Waals surface area contributed by atoms with Crippen molar-refractivity contribution in [3.05, 3.63) is 0 Å². The quantitative estimate of drug-likeness (QED) is 0.661. The summed E-state index contributed by atoms with van der Waals surface area (Å²) < 4.78 is 10.5. The van der Waals surface area contributed by atoms with Gasteiger partial charge in [0.15, 0.2) is 0 Å². The highest BCUT2D eigenvalue weighted by molar-refractivity contribution is 8.25. The summed E-state index contributed by atoms with van der Waals surface area (Å²) >= 11 is 0. The number of rotatable bonds is 5. The lowest BCUT2D eigenvalue weighted by atomic mass is 10.8. The van der Waals surface area contributed by atoms with Crippen LogP contribution in [-0.2, 0) is 8.37 Å². The molecule has 0 aliphatic carbocycles. The monoisotopic (exact) mass is 167 g/mol. The molecule has 64 valence electrons. The highest BCUT2D eigenvalue weighted by atomic mass is 32.3. The van der Waals surface area contributed by atoms with Crippen LogP contribution >= 0.6 is 10.6 Å². The lowest BCUT2D eigenvalue weighted by Gasteiger charge is -2.39. The third kappa shape index (κ3) is 2.46. The van der Waals surface area contributed by atoms with Gasteiger partial charge >= 0.3 is 0 Å². The minimum absolute atomic E-state index is 0.630. The highest BCUT2D eigenvalue weighted by Gasteiger charge is 2.13. The van der Waals surface area contributed by atoms with E-state index in [0.717, 1.165) is 11.5 Å². The Morgan fingerprint density at radius 1 is 1.30 bits per heavy atom. The van der Waals surface area contributed by atoms with E-state index >= 15 is 0 Å². The normalized spacial score (nSPS) is 13.6. The molecule has 0 spiro atoms. The first-order valence-electron chi connectivity index (χ1n) is 3.34. The fourth-order valence-corrected chi connectivity index (χ4v) is 2.38. The first-order chi connectivity index (χ1) is 4.74. The maximum atomic E-state index is 5.40. The van der Waals surface area contributed by atoms with Crippen molar-refractivity contribution in [2.45, 2.75) is 6.92 Å². The zero-order chi connectivity index (χ0) is 8.04. The summed E-state index contributed by atoms with van der Waals surface area (Å²) in [4.78, 5) is 0. The van der Waals surface area contributed by atoms with Crippen molar-refractivity contribution in [3.63, 3.8) is 0 Å². The van der Waals surface area contributed by atoms with Crippen LogP contribution in [0.25, 0.3) is 0 Å². The molecule has 0 aromatic heterocycles. The van der Waals surface area contributed by atoms with Gasteiger partial charge in [0.05, 0.1) is 20.0 Å². The molecule has 0 unspecified atom stereocenters. The summed E-state index contributed by atoms with van der Waals surface area (Å²) in [6.45, 7) is 2.68. The van der Waals surface area contributed by atoms with Crippen molar-refractivity contribution in [1.29, 1.82) is 0 Å². The van der Waals surface area contributed by atoms with Gasteiger partial charge in [-0.3, -0.25) is 8.37 Å². The summed E-state index contributed by atoms with van der Waals surface area (Å²) in [5.74, 6) is 1.74. The summed E-state index contributed by atoms with van der Waals surface area (Å²) in [5.41, 5.74) is 5.40. The molecule has 0 atom stereocenters. The zero-order valence-corrected chi connectivity index (χ0v) is 7.74. The molecular formula is C6H17NO2S. The second kappa shape index (κ2) is 4.96. The molecule has 3 nitrogen and oxygen atoms in total. The molecule has 0 saturated heterocycles. The van der Waals surface area contributed by atoms with Gasteiger partial charge in [-0.05, 0) is 6.92 Å². The SMILES string of the molecule is CCS(CCN)(OC)OC. The first-order valence-corrected chi connectivity index (χ1v) is 5.16. The van der Waals surface area contributed by atoms with Crippen molar-refractivity contribution in [2.75, 3.05) is 32.3 Å². The maximum absolute atomic E-state index is 5.40. The summed E-state index contributed by atoms with van der Waals surface area (Å²) in [6.07, 6.45) is 0. The number of hydrogen-bond donors (Lipinski definition) is 1. The predicted octanol–water partition coefficient (Wildman–Crippen LogP) is 0.892. The average Bonchev–Trinajstić information content (AvgIpc) is 2.01. The van der Waals surface area contributed by atoms with E-state index < -0.39 is 10.6 Å². The zero-order valence-electron chi connectivity index (χ0n) is 6.92. The minimum Gasteiger partial charge on any atom is -0.329 e. The van der Waals surface area contributed by atoms with Crippen LogP contribution in [0.3, 0.4) is 0 Å². The minimum atomic E-state index is -1.29. The van der Waals surface area contributed by atoms with Crippen LogP contribution in [0.1, 0.15) is 6.92 Å². The molecule has 0 fully saturated rings. The van der Waals surface area contributed by atoms with Gasteiger partial charge in [0.2, 0.25) is 0 Å². The second-order valence-corrected chi connectivity index (χ2v) is 5.00. The van der Waals surface area contributed by atoms with Crippen molar-refractivity contribution < 1.29 is 8.37 Å². The van der Waals surface area contributed by atoms with Gasteiger partial charge < -0.3 is 5.73 Å². The van der Waals surface area contributed by atoms with Crippen LogP contribution in [0.15, 0.2) is 0 Å². The van der Waals surface area contributed by atoms with E-state index in [1.807, 2.05) is 0 Å². The lowest BCUT2D eigenvalue weighted by Crippen LogP contribution is -2.18. The Labute approximate surface area is 64.6 Å². The molecule has 0 aromatic rings. The number of hydrogen-bond acceptors (Lipinski definition) is 3. The van der Waals surface area contributed by atoms with Gasteiger partial charge in [0.25, 0.3) is 0 Å². The van der Waals surface area contributed by atoms with E-state index in [-0.39, 0.29) is 0 Å². The van der Waals surface area contributed by atoms with E-state index in [1.54, 1.807) is 14.2 Å². The van der Waals surface area contributed by atoms with Gasteiger partial charge in [0, 0.05) is 12.3 Å². The van der Waals surface area contributed by atoms with Crippen molar-refractivity contribution in [1.82, 2.24) is 0 Å². The van der Waals surface area contributed by atoms with Crippen LogP contribution in [0.2, 0.25) is 0 Å². The van der Waals surface area contributed by atoms with Crippen LogP contribution in [0, 0.1) is 0 Å². The van der Waals surface area contributed by atoms with E-state index in [0.29, 0.717) is 6.54 Å². The van der Waals surface area contributed by atoms with Gasteiger partial charge in [-0.25, -0.2) is 0 Å². The fraction of sp³-hybridized carbons (Fsp3) is 1.00. The lowest BCUT2D eigenvalue weighted by molar-refractivity contribution is 0.347. The molecule has 0 aromatic carbocycles. The van der Waals surface area contributed by atoms with Gasteiger partial charge in [-0.15, -0.1) is 0 Å². The van der Waals surface area contributed by atoms with Crippen molar-refractivity contribution in [2.24, 2.45) is 5.73 Å². The largest absolute Gasteiger partial charge is 0.329 e. The Morgan fingerprint density at radius 2 is 1.80 bits per heavy atom. The summed E-state index contributed by atoms with van der Waals surface area (Å²) in [7, 11) is 2.07. The van der Waals surface area contributed by atoms with E-state index in [1.165, 1.54) is 0 Å². The van der Waals surface area contributed by atoms with Crippen molar-refractivity contribution >= 4 is 10.6 Å². The van der Waals surface area contributed by atoms with Crippen LogP contribution in [0.4, 0.5) is 0 Å². The maximum Gasteiger partial charge on any atom is 0.0604 e. The Balaban J connectivity index is 3.87. The molecule has 0 radical (unpaired) electrons. The first kappa shape index (κ1) is 10.2. The Bertz CT molecular complexity index is 77.6. The highest BCUT2D eigenvalue weighted by Crippen LogP contribution is 2.47. The summed E-state index contributed by atoms with van der Waals surface area (Å²) in [6, 6.07) is 0. The van der Waals surface area contributed by atoms with Crippen LogP contribution in [-0.4, -0.2) is 32.3 Å². The van der Waals surface area contributed by atoms with E-state index in [2.05, 4.69) is 6.92 Å². The van der Waals surface area contributed by atoms with Crippen LogP contribution in [0.5, 0.6) is 0 Å². The molecule has 0 rings (SSSR count). The molecule has 2 N–H and O–H groups in total. The van der Waals surface area contributed by atoms with Crippen molar-refractivity contribution in [3.8, 4) is 0 Å². The fourth-order valence-electron chi connectivity index (χ4n) is 0.794. The van der Waals surface area contributed by atoms with E-state index in [9.17, 15) is 0 Å². The molecule has 0 bridgehead atoms. The molecule has 10 heavy (non-hydrogen) atoms. The molecule has 0 aliphatic rings. The predicted molar refractivity (Wildman–Crippen MR) is 46.1 cm³/mol. The standard InChI is InChI=1S/C6H17NO2S/c1-4-10(8-2,9-3)6-5-7/h4-7H2,1-3H3. The third-order valence-electron chi connectivity index (χ3n) is 1.48. The Kier molecular flexibility index (Phi) is 5.07. The third-order valence-corrected chi connectivity index (χ3v) is 4.43. The average molecular weight is 167 g/mol. The summed E-state index contributed by atoms with van der Waals surface area (Å²) in [5, 5.41) is 0. The molecule has 0 amide bonds. The topological polar surface area (TPSA) is 44.5 Å². The molecule has 0 heterocycles. The molecular weight excluding hydrogens is 150 g/mol. The Hall–Kier alpha value is 0.230. The smallest absolute Gasteiger partial charge is 0.0604 e. The second-order valence-electron chi connectivity index (χ2n) is 1.86. The van der Waals surface area contributed by atoms with Gasteiger partial charge in [-0.1, -0.05) is 0 Å². The molecule has 0 saturated carbocycles. The van der Waals surface area contributed by atoms with E-state index in [4.69, 9.17) is 14.1 Å². The molecule has 4 heteroatoms. The number of nitrogens with two attached hydrogens (primary N) is 1. The Morgan fingerprint density at radius 3 is 1.90 bits per heavy atom.